The molecule has 0 aliphatic rings. The molecule has 0 saturated carbocycles. The molecule has 0 unspecified atom stereocenters. The second-order valence-electron chi connectivity index (χ2n) is 7.46. The molecule has 0 bridgehead atoms. The van der Waals surface area contributed by atoms with Crippen molar-refractivity contribution in [1.82, 2.24) is 14.4 Å². The Hall–Kier alpha value is -3.34. The smallest absolute Gasteiger partial charge is 0.180 e. The van der Waals surface area contributed by atoms with Crippen molar-refractivity contribution >= 4 is 22.8 Å². The first-order valence-corrected chi connectivity index (χ1v) is 9.50. The number of benzene rings is 2. The molecule has 0 spiro atoms. The zero-order valence-electron chi connectivity index (χ0n) is 16.7. The predicted octanol–water partition coefficient (Wildman–Crippen LogP) is 5.33. The number of hydrogen-bond donors (Lipinski definition) is 1. The predicted molar refractivity (Wildman–Crippen MR) is 117 cm³/mol. The van der Waals surface area contributed by atoms with Crippen LogP contribution in [0.1, 0.15) is 25.3 Å². The molecule has 1 N–H and O–H groups in total. The Bertz CT molecular complexity index is 1080. The number of aromatic nitrogens is 3. The number of fused-ring (bicyclic) bond motifs is 1. The van der Waals surface area contributed by atoms with Gasteiger partial charge < -0.3 is 10.2 Å². The monoisotopic (exact) mass is 371 g/mol. The third-order valence-corrected chi connectivity index (χ3v) is 4.95. The zero-order valence-corrected chi connectivity index (χ0v) is 16.7. The number of rotatable bonds is 5. The maximum Gasteiger partial charge on any atom is 0.180 e. The summed E-state index contributed by atoms with van der Waals surface area (Å²) in [6.45, 7) is 4.39. The SMILES string of the molecule is CC(C)c1ccc(Nc2nccn3c(-c4ccc(N(C)C)cc4)cnc23)cc1. The Morgan fingerprint density at radius 2 is 1.64 bits per heavy atom. The van der Waals surface area contributed by atoms with Crippen molar-refractivity contribution in [3.63, 3.8) is 0 Å². The van der Waals surface area contributed by atoms with E-state index in [2.05, 4.69) is 87.0 Å². The van der Waals surface area contributed by atoms with Gasteiger partial charge in [-0.2, -0.15) is 0 Å². The maximum absolute atomic E-state index is 4.62. The van der Waals surface area contributed by atoms with Crippen molar-refractivity contribution in [1.29, 1.82) is 0 Å². The Balaban J connectivity index is 1.66. The third kappa shape index (κ3) is 3.43. The van der Waals surface area contributed by atoms with E-state index in [1.807, 2.05) is 26.5 Å². The van der Waals surface area contributed by atoms with Crippen LogP contribution in [0, 0.1) is 0 Å². The fourth-order valence-electron chi connectivity index (χ4n) is 3.24. The number of anilines is 3. The summed E-state index contributed by atoms with van der Waals surface area (Å²) in [5.41, 5.74) is 6.47. The molecule has 4 rings (SSSR count). The second kappa shape index (κ2) is 7.35. The normalized spacial score (nSPS) is 11.2. The molecule has 2 heterocycles. The summed E-state index contributed by atoms with van der Waals surface area (Å²) in [6, 6.07) is 17.0. The van der Waals surface area contributed by atoms with Crippen LogP contribution in [0.4, 0.5) is 17.2 Å². The van der Waals surface area contributed by atoms with Gasteiger partial charge in [0, 0.05) is 43.4 Å². The zero-order chi connectivity index (χ0) is 19.7. The van der Waals surface area contributed by atoms with Gasteiger partial charge in [-0.25, -0.2) is 9.97 Å². The van der Waals surface area contributed by atoms with Gasteiger partial charge in [0.25, 0.3) is 0 Å². The van der Waals surface area contributed by atoms with Crippen molar-refractivity contribution < 1.29 is 0 Å². The molecule has 2 aromatic heterocycles. The number of nitrogens with zero attached hydrogens (tertiary/aromatic N) is 4. The van der Waals surface area contributed by atoms with Crippen molar-refractivity contribution in [2.45, 2.75) is 19.8 Å². The van der Waals surface area contributed by atoms with E-state index >= 15 is 0 Å². The summed E-state index contributed by atoms with van der Waals surface area (Å²) < 4.78 is 2.07. The van der Waals surface area contributed by atoms with E-state index in [1.165, 1.54) is 11.3 Å². The highest BCUT2D eigenvalue weighted by Gasteiger charge is 2.11. The minimum Gasteiger partial charge on any atom is -0.378 e. The Morgan fingerprint density at radius 3 is 2.29 bits per heavy atom. The van der Waals surface area contributed by atoms with Gasteiger partial charge in [0.05, 0.1) is 11.9 Å². The molecule has 0 aliphatic carbocycles. The largest absolute Gasteiger partial charge is 0.378 e. The van der Waals surface area contributed by atoms with Crippen molar-refractivity contribution in [3.8, 4) is 11.3 Å². The highest BCUT2D eigenvalue weighted by atomic mass is 15.1. The highest BCUT2D eigenvalue weighted by Crippen LogP contribution is 2.27. The minimum absolute atomic E-state index is 0.518. The van der Waals surface area contributed by atoms with E-state index in [0.29, 0.717) is 5.92 Å². The topological polar surface area (TPSA) is 45.5 Å². The fraction of sp³-hybridized carbons (Fsp3) is 0.217. The van der Waals surface area contributed by atoms with Crippen LogP contribution in [0.5, 0.6) is 0 Å². The molecule has 0 radical (unpaired) electrons. The van der Waals surface area contributed by atoms with Gasteiger partial charge in [0.2, 0.25) is 0 Å². The number of hydrogen-bond acceptors (Lipinski definition) is 4. The molecular formula is C23H25N5. The van der Waals surface area contributed by atoms with Gasteiger partial charge in [-0.3, -0.25) is 4.40 Å². The van der Waals surface area contributed by atoms with Gasteiger partial charge in [-0.05, 0) is 35.7 Å². The molecule has 0 fully saturated rings. The van der Waals surface area contributed by atoms with Crippen LogP contribution in [0.25, 0.3) is 16.9 Å². The molecule has 5 nitrogen and oxygen atoms in total. The van der Waals surface area contributed by atoms with E-state index < -0.39 is 0 Å². The molecule has 142 valence electrons. The van der Waals surface area contributed by atoms with E-state index in [0.717, 1.165) is 28.4 Å². The lowest BCUT2D eigenvalue weighted by Gasteiger charge is -2.13. The van der Waals surface area contributed by atoms with Crippen LogP contribution < -0.4 is 10.2 Å². The molecular weight excluding hydrogens is 346 g/mol. The molecule has 2 aromatic carbocycles. The Kier molecular flexibility index (Phi) is 4.74. The molecule has 5 heteroatoms. The molecule has 0 aliphatic heterocycles. The lowest BCUT2D eigenvalue weighted by molar-refractivity contribution is 0.867. The van der Waals surface area contributed by atoms with Crippen LogP contribution in [0.2, 0.25) is 0 Å². The van der Waals surface area contributed by atoms with Crippen LogP contribution >= 0.6 is 0 Å². The van der Waals surface area contributed by atoms with E-state index in [-0.39, 0.29) is 0 Å². The maximum atomic E-state index is 4.62. The van der Waals surface area contributed by atoms with Crippen molar-refractivity contribution in [2.75, 3.05) is 24.3 Å². The quantitative estimate of drug-likeness (QED) is 0.515. The molecule has 28 heavy (non-hydrogen) atoms. The minimum atomic E-state index is 0.518. The van der Waals surface area contributed by atoms with Crippen LogP contribution in [0.3, 0.4) is 0 Å². The fourth-order valence-corrected chi connectivity index (χ4v) is 3.24. The Labute approximate surface area is 165 Å². The van der Waals surface area contributed by atoms with Gasteiger partial charge in [-0.15, -0.1) is 0 Å². The summed E-state index contributed by atoms with van der Waals surface area (Å²) in [5.74, 6) is 1.26. The van der Waals surface area contributed by atoms with Crippen molar-refractivity contribution in [3.05, 3.63) is 72.7 Å². The number of imidazole rings is 1. The average Bonchev–Trinajstić information content (AvgIpc) is 3.13. The van der Waals surface area contributed by atoms with Gasteiger partial charge >= 0.3 is 0 Å². The first-order valence-electron chi connectivity index (χ1n) is 9.50. The van der Waals surface area contributed by atoms with Gasteiger partial charge in [-0.1, -0.05) is 38.1 Å². The van der Waals surface area contributed by atoms with Gasteiger partial charge in [0.15, 0.2) is 11.5 Å². The lowest BCUT2D eigenvalue weighted by atomic mass is 10.0. The lowest BCUT2D eigenvalue weighted by Crippen LogP contribution is -2.07. The second-order valence-corrected chi connectivity index (χ2v) is 7.46. The van der Waals surface area contributed by atoms with Crippen LogP contribution in [-0.2, 0) is 0 Å². The first kappa shape index (κ1) is 18.0. The van der Waals surface area contributed by atoms with Crippen LogP contribution in [-0.4, -0.2) is 28.5 Å². The standard InChI is InChI=1S/C23H25N5/c1-16(2)17-5-9-19(10-6-17)26-22-23-25-15-21(28(23)14-13-24-22)18-7-11-20(12-8-18)27(3)4/h5-16H,1-4H3,(H,24,26). The van der Waals surface area contributed by atoms with Gasteiger partial charge in [0.1, 0.15) is 0 Å². The summed E-state index contributed by atoms with van der Waals surface area (Å²) in [4.78, 5) is 11.2. The molecule has 0 amide bonds. The van der Waals surface area contributed by atoms with E-state index in [9.17, 15) is 0 Å². The summed E-state index contributed by atoms with van der Waals surface area (Å²) in [5, 5.41) is 3.40. The molecule has 0 atom stereocenters. The average molecular weight is 371 g/mol. The first-order chi connectivity index (χ1) is 13.5. The summed E-state index contributed by atoms with van der Waals surface area (Å²) >= 11 is 0. The van der Waals surface area contributed by atoms with Crippen molar-refractivity contribution in [2.24, 2.45) is 0 Å². The summed E-state index contributed by atoms with van der Waals surface area (Å²) in [6.07, 6.45) is 5.65. The van der Waals surface area contributed by atoms with E-state index in [1.54, 1.807) is 6.20 Å². The van der Waals surface area contributed by atoms with E-state index in [4.69, 9.17) is 0 Å². The molecule has 4 aromatic rings. The summed E-state index contributed by atoms with van der Waals surface area (Å²) in [7, 11) is 4.08. The van der Waals surface area contributed by atoms with Crippen LogP contribution in [0.15, 0.2) is 67.1 Å². The Morgan fingerprint density at radius 1 is 0.929 bits per heavy atom. The highest BCUT2D eigenvalue weighted by molar-refractivity contribution is 5.74. The third-order valence-electron chi connectivity index (χ3n) is 4.95. The molecule has 0 saturated heterocycles. The number of nitrogens with one attached hydrogen (secondary N) is 1.